The molecule has 0 amide bonds. The van der Waals surface area contributed by atoms with E-state index in [9.17, 15) is 0 Å². The summed E-state index contributed by atoms with van der Waals surface area (Å²) in [4.78, 5) is 0. The van der Waals surface area contributed by atoms with Gasteiger partial charge in [0.15, 0.2) is 0 Å². The lowest BCUT2D eigenvalue weighted by Crippen LogP contribution is -2.43. The Bertz CT molecular complexity index is 802. The van der Waals surface area contributed by atoms with Crippen molar-refractivity contribution < 1.29 is 0 Å². The van der Waals surface area contributed by atoms with Crippen molar-refractivity contribution in [1.82, 2.24) is 0 Å². The molecular weight excluding hydrogens is 288 g/mol. The first-order chi connectivity index (χ1) is 11.7. The standard InChI is InChI=1S/C24H24/c1-3-17-13-23-15-18(4-2)16-24(23,14-17)22-12-8-6-10-20(22)19-9-5-7-11-21(19)23/h3-12H,13-16H2,1-2H3. The molecule has 0 N–H and O–H groups in total. The molecule has 3 aliphatic rings. The maximum absolute atomic E-state index is 2.41. The third-order valence-electron chi connectivity index (χ3n) is 7.02. The third-order valence-corrected chi connectivity index (χ3v) is 7.02. The van der Waals surface area contributed by atoms with Crippen molar-refractivity contribution in [3.05, 3.63) is 83.0 Å². The fraction of sp³-hybridized carbons (Fsp3) is 0.333. The first-order valence-electron chi connectivity index (χ1n) is 9.22. The highest BCUT2D eigenvalue weighted by molar-refractivity contribution is 5.80. The number of benzene rings is 2. The van der Waals surface area contributed by atoms with Gasteiger partial charge in [0.2, 0.25) is 0 Å². The molecule has 2 aromatic carbocycles. The number of hydrogen-bond donors (Lipinski definition) is 0. The molecule has 0 aliphatic heterocycles. The summed E-state index contributed by atoms with van der Waals surface area (Å²) in [7, 11) is 0. The molecule has 0 atom stereocenters. The predicted octanol–water partition coefficient (Wildman–Crippen LogP) is 6.32. The number of allylic oxidation sites excluding steroid dienone is 4. The first-order valence-corrected chi connectivity index (χ1v) is 9.22. The van der Waals surface area contributed by atoms with E-state index >= 15 is 0 Å². The van der Waals surface area contributed by atoms with E-state index in [0.717, 1.165) is 0 Å². The van der Waals surface area contributed by atoms with Crippen molar-refractivity contribution in [2.45, 2.75) is 50.4 Å². The number of rotatable bonds is 0. The fourth-order valence-electron chi connectivity index (χ4n) is 6.05. The Morgan fingerprint density at radius 2 is 1.00 bits per heavy atom. The molecular formula is C24H24. The normalized spacial score (nSPS) is 29.6. The van der Waals surface area contributed by atoms with Crippen LogP contribution < -0.4 is 0 Å². The van der Waals surface area contributed by atoms with E-state index in [1.807, 2.05) is 0 Å². The van der Waals surface area contributed by atoms with Crippen LogP contribution in [0.25, 0.3) is 11.1 Å². The SMILES string of the molecule is CC=C1CC23CC(=CC)CC2(C1)c1ccccc1-c1ccccc13. The zero-order chi connectivity index (χ0) is 16.4. The highest BCUT2D eigenvalue weighted by Gasteiger charge is 2.64. The average Bonchev–Trinajstić information content (AvgIpc) is 3.13. The summed E-state index contributed by atoms with van der Waals surface area (Å²) < 4.78 is 0. The molecule has 0 spiro atoms. The lowest BCUT2D eigenvalue weighted by molar-refractivity contribution is 0.299. The van der Waals surface area contributed by atoms with Crippen LogP contribution >= 0.6 is 0 Å². The van der Waals surface area contributed by atoms with Gasteiger partial charge in [-0.15, -0.1) is 0 Å². The van der Waals surface area contributed by atoms with Crippen molar-refractivity contribution >= 4 is 0 Å². The molecule has 0 heteroatoms. The van der Waals surface area contributed by atoms with Gasteiger partial charge in [0.25, 0.3) is 0 Å². The van der Waals surface area contributed by atoms with E-state index in [4.69, 9.17) is 0 Å². The van der Waals surface area contributed by atoms with Gasteiger partial charge >= 0.3 is 0 Å². The minimum absolute atomic E-state index is 0.266. The Balaban J connectivity index is 1.92. The first kappa shape index (κ1) is 14.3. The molecule has 24 heavy (non-hydrogen) atoms. The second-order valence-corrected chi connectivity index (χ2v) is 7.86. The van der Waals surface area contributed by atoms with Crippen LogP contribution in [0, 0.1) is 0 Å². The highest BCUT2D eigenvalue weighted by atomic mass is 14.7. The van der Waals surface area contributed by atoms with Gasteiger partial charge in [-0.3, -0.25) is 0 Å². The van der Waals surface area contributed by atoms with Gasteiger partial charge in [0.1, 0.15) is 0 Å². The minimum atomic E-state index is 0.266. The van der Waals surface area contributed by atoms with Gasteiger partial charge in [0, 0.05) is 10.8 Å². The summed E-state index contributed by atoms with van der Waals surface area (Å²) >= 11 is 0. The molecule has 0 bridgehead atoms. The molecule has 2 aromatic rings. The van der Waals surface area contributed by atoms with Crippen LogP contribution in [0.1, 0.15) is 50.7 Å². The fourth-order valence-corrected chi connectivity index (χ4v) is 6.05. The van der Waals surface area contributed by atoms with Crippen LogP contribution in [0.3, 0.4) is 0 Å². The molecule has 0 radical (unpaired) electrons. The summed E-state index contributed by atoms with van der Waals surface area (Å²) in [5.74, 6) is 0. The zero-order valence-electron chi connectivity index (χ0n) is 14.6. The van der Waals surface area contributed by atoms with Gasteiger partial charge in [-0.2, -0.15) is 0 Å². The molecule has 0 saturated heterocycles. The van der Waals surface area contributed by atoms with Crippen LogP contribution in [-0.4, -0.2) is 0 Å². The molecule has 0 heterocycles. The second-order valence-electron chi connectivity index (χ2n) is 7.86. The van der Waals surface area contributed by atoms with E-state index in [0.29, 0.717) is 0 Å². The lowest BCUT2D eigenvalue weighted by Gasteiger charge is -2.47. The summed E-state index contributed by atoms with van der Waals surface area (Å²) in [5.41, 5.74) is 9.96. The van der Waals surface area contributed by atoms with Gasteiger partial charge in [-0.1, -0.05) is 71.8 Å². The predicted molar refractivity (Wildman–Crippen MR) is 101 cm³/mol. The maximum Gasteiger partial charge on any atom is 0.0136 e. The van der Waals surface area contributed by atoms with Crippen molar-refractivity contribution in [2.24, 2.45) is 0 Å². The summed E-state index contributed by atoms with van der Waals surface area (Å²) in [6.45, 7) is 4.45. The monoisotopic (exact) mass is 312 g/mol. The van der Waals surface area contributed by atoms with Crippen LogP contribution in [0.15, 0.2) is 71.8 Å². The van der Waals surface area contributed by atoms with Crippen LogP contribution in [0.2, 0.25) is 0 Å². The highest BCUT2D eigenvalue weighted by Crippen LogP contribution is 2.71. The number of fused-ring (bicyclic) bond motifs is 3. The summed E-state index contributed by atoms with van der Waals surface area (Å²) in [5, 5.41) is 0. The molecule has 0 aromatic heterocycles. The third kappa shape index (κ3) is 1.50. The Labute approximate surface area is 144 Å². The van der Waals surface area contributed by atoms with Crippen LogP contribution in [0.4, 0.5) is 0 Å². The van der Waals surface area contributed by atoms with Gasteiger partial charge in [0.05, 0.1) is 0 Å². The molecule has 3 aliphatic carbocycles. The smallest absolute Gasteiger partial charge is 0.0136 e. The van der Waals surface area contributed by atoms with Crippen molar-refractivity contribution in [2.75, 3.05) is 0 Å². The van der Waals surface area contributed by atoms with E-state index in [2.05, 4.69) is 74.5 Å². The summed E-state index contributed by atoms with van der Waals surface area (Å²) in [6.07, 6.45) is 9.68. The molecule has 2 saturated carbocycles. The Morgan fingerprint density at radius 1 is 0.625 bits per heavy atom. The zero-order valence-corrected chi connectivity index (χ0v) is 14.6. The van der Waals surface area contributed by atoms with Crippen LogP contribution in [0.5, 0.6) is 0 Å². The van der Waals surface area contributed by atoms with Crippen molar-refractivity contribution in [3.63, 3.8) is 0 Å². The van der Waals surface area contributed by atoms with Crippen LogP contribution in [-0.2, 0) is 10.8 Å². The van der Waals surface area contributed by atoms with Gasteiger partial charge < -0.3 is 0 Å². The van der Waals surface area contributed by atoms with Crippen molar-refractivity contribution in [1.29, 1.82) is 0 Å². The Morgan fingerprint density at radius 3 is 1.38 bits per heavy atom. The average molecular weight is 312 g/mol. The van der Waals surface area contributed by atoms with E-state index < -0.39 is 0 Å². The molecule has 2 fully saturated rings. The molecule has 5 rings (SSSR count). The molecule has 0 unspecified atom stereocenters. The number of hydrogen-bond acceptors (Lipinski definition) is 0. The van der Waals surface area contributed by atoms with Gasteiger partial charge in [-0.25, -0.2) is 0 Å². The maximum atomic E-state index is 2.41. The Hall–Kier alpha value is -2.08. The summed E-state index contributed by atoms with van der Waals surface area (Å²) in [6, 6.07) is 18.4. The van der Waals surface area contributed by atoms with E-state index in [-0.39, 0.29) is 10.8 Å². The molecule has 0 nitrogen and oxygen atoms in total. The van der Waals surface area contributed by atoms with E-state index in [1.54, 1.807) is 22.3 Å². The lowest BCUT2D eigenvalue weighted by atomic mass is 9.55. The Kier molecular flexibility index (Phi) is 2.81. The molecule has 120 valence electrons. The van der Waals surface area contributed by atoms with Gasteiger partial charge in [-0.05, 0) is 61.8 Å². The van der Waals surface area contributed by atoms with Crippen molar-refractivity contribution in [3.8, 4) is 11.1 Å². The largest absolute Gasteiger partial charge is 0.0884 e. The van der Waals surface area contributed by atoms with E-state index in [1.165, 1.54) is 36.8 Å². The topological polar surface area (TPSA) is 0 Å². The minimum Gasteiger partial charge on any atom is -0.0884 e. The quantitative estimate of drug-likeness (QED) is 0.499. The second kappa shape index (κ2) is 4.72.